The molecule has 1 aliphatic rings. The maximum Gasteiger partial charge on any atom is 0.142 e. The molecule has 0 amide bonds. The molecule has 2 heterocycles. The van der Waals surface area contributed by atoms with E-state index in [1.807, 2.05) is 18.5 Å². The van der Waals surface area contributed by atoms with Crippen molar-refractivity contribution < 1.29 is 9.53 Å². The molecule has 1 fully saturated rings. The Morgan fingerprint density at radius 3 is 2.95 bits per heavy atom. The molecule has 106 valence electrons. The van der Waals surface area contributed by atoms with Crippen LogP contribution < -0.4 is 0 Å². The molecular formula is C14H21ClN2O2. The minimum Gasteiger partial charge on any atom is -0.381 e. The van der Waals surface area contributed by atoms with Crippen molar-refractivity contribution in [2.24, 2.45) is 11.8 Å². The molecule has 1 aromatic heterocycles. The summed E-state index contributed by atoms with van der Waals surface area (Å²) in [5.41, 5.74) is 1.65. The van der Waals surface area contributed by atoms with Gasteiger partial charge in [0.25, 0.3) is 0 Å². The van der Waals surface area contributed by atoms with Gasteiger partial charge >= 0.3 is 0 Å². The van der Waals surface area contributed by atoms with E-state index in [0.717, 1.165) is 24.4 Å². The van der Waals surface area contributed by atoms with Crippen molar-refractivity contribution in [2.45, 2.75) is 40.2 Å². The van der Waals surface area contributed by atoms with Crippen molar-refractivity contribution in [3.63, 3.8) is 0 Å². The lowest BCUT2D eigenvalue weighted by Gasteiger charge is -2.27. The fraction of sp³-hybridized carbons (Fsp3) is 0.714. The van der Waals surface area contributed by atoms with Crippen LogP contribution in [0, 0.1) is 18.8 Å². The molecule has 0 aromatic carbocycles. The summed E-state index contributed by atoms with van der Waals surface area (Å²) in [4.78, 5) is 12.5. The third kappa shape index (κ3) is 3.00. The van der Waals surface area contributed by atoms with Crippen LogP contribution in [0.5, 0.6) is 0 Å². The van der Waals surface area contributed by atoms with Crippen molar-refractivity contribution in [1.82, 2.24) is 9.78 Å². The van der Waals surface area contributed by atoms with Crippen LogP contribution in [0.1, 0.15) is 31.7 Å². The molecule has 1 saturated heterocycles. The Morgan fingerprint density at radius 2 is 2.32 bits per heavy atom. The number of carbonyl (C=O) groups excluding carboxylic acids is 1. The molecule has 0 radical (unpaired) electrons. The van der Waals surface area contributed by atoms with Gasteiger partial charge < -0.3 is 4.74 Å². The van der Waals surface area contributed by atoms with Gasteiger partial charge in [-0.05, 0) is 26.2 Å². The van der Waals surface area contributed by atoms with Crippen LogP contribution in [0.15, 0.2) is 0 Å². The smallest absolute Gasteiger partial charge is 0.142 e. The fourth-order valence-electron chi connectivity index (χ4n) is 2.69. The molecule has 0 spiro atoms. The zero-order chi connectivity index (χ0) is 14.0. The standard InChI is InChI=1S/C14H21ClN2O2/c1-4-17-12(14(15)10(3)16-17)7-13(18)11-5-6-19-8-9(11)2/h9,11H,4-8H2,1-3H3. The van der Waals surface area contributed by atoms with E-state index in [-0.39, 0.29) is 11.7 Å². The van der Waals surface area contributed by atoms with Crippen molar-refractivity contribution in [3.8, 4) is 0 Å². The first-order chi connectivity index (χ1) is 9.04. The van der Waals surface area contributed by atoms with Gasteiger partial charge in [-0.1, -0.05) is 18.5 Å². The largest absolute Gasteiger partial charge is 0.381 e. The molecule has 0 bridgehead atoms. The average molecular weight is 285 g/mol. The molecular weight excluding hydrogens is 264 g/mol. The second-order valence-electron chi connectivity index (χ2n) is 5.25. The number of rotatable bonds is 4. The van der Waals surface area contributed by atoms with E-state index in [1.54, 1.807) is 0 Å². The van der Waals surface area contributed by atoms with E-state index in [2.05, 4.69) is 12.0 Å². The Hall–Kier alpha value is -0.870. The third-order valence-corrected chi connectivity index (χ3v) is 4.34. The summed E-state index contributed by atoms with van der Waals surface area (Å²) in [6.07, 6.45) is 1.19. The van der Waals surface area contributed by atoms with E-state index in [9.17, 15) is 4.79 Å². The summed E-state index contributed by atoms with van der Waals surface area (Å²) >= 11 is 6.25. The molecule has 0 aliphatic carbocycles. The number of aryl methyl sites for hydroxylation is 2. The molecule has 4 nitrogen and oxygen atoms in total. The monoisotopic (exact) mass is 284 g/mol. The first kappa shape index (κ1) is 14.5. The van der Waals surface area contributed by atoms with E-state index in [1.165, 1.54) is 0 Å². The summed E-state index contributed by atoms with van der Waals surface area (Å²) in [6, 6.07) is 0. The average Bonchev–Trinajstić information content (AvgIpc) is 2.67. The van der Waals surface area contributed by atoms with Gasteiger partial charge in [-0.15, -0.1) is 0 Å². The third-order valence-electron chi connectivity index (χ3n) is 3.85. The van der Waals surface area contributed by atoms with Crippen LogP contribution in [0.25, 0.3) is 0 Å². The lowest BCUT2D eigenvalue weighted by Crippen LogP contribution is -2.32. The van der Waals surface area contributed by atoms with E-state index in [4.69, 9.17) is 16.3 Å². The lowest BCUT2D eigenvalue weighted by atomic mass is 9.84. The summed E-state index contributed by atoms with van der Waals surface area (Å²) in [5, 5.41) is 4.99. The second kappa shape index (κ2) is 6.06. The number of hydrogen-bond acceptors (Lipinski definition) is 3. The molecule has 19 heavy (non-hydrogen) atoms. The number of hydrogen-bond donors (Lipinski definition) is 0. The zero-order valence-electron chi connectivity index (χ0n) is 11.8. The van der Waals surface area contributed by atoms with Crippen LogP contribution >= 0.6 is 11.6 Å². The maximum absolute atomic E-state index is 12.5. The first-order valence-electron chi connectivity index (χ1n) is 6.86. The molecule has 1 aliphatic heterocycles. The highest BCUT2D eigenvalue weighted by molar-refractivity contribution is 6.32. The van der Waals surface area contributed by atoms with Crippen molar-refractivity contribution in [1.29, 1.82) is 0 Å². The molecule has 0 saturated carbocycles. The number of nitrogens with zero attached hydrogens (tertiary/aromatic N) is 2. The van der Waals surface area contributed by atoms with E-state index < -0.39 is 0 Å². The van der Waals surface area contributed by atoms with Gasteiger partial charge in [0, 0.05) is 25.7 Å². The van der Waals surface area contributed by atoms with Crippen molar-refractivity contribution in [2.75, 3.05) is 13.2 Å². The minimum atomic E-state index is 0.0883. The van der Waals surface area contributed by atoms with Gasteiger partial charge in [0.1, 0.15) is 5.78 Å². The zero-order valence-corrected chi connectivity index (χ0v) is 12.5. The van der Waals surface area contributed by atoms with Gasteiger partial charge in [-0.2, -0.15) is 5.10 Å². The normalized spacial score (nSPS) is 23.6. The van der Waals surface area contributed by atoms with Crippen LogP contribution in [0.2, 0.25) is 5.02 Å². The lowest BCUT2D eigenvalue weighted by molar-refractivity contribution is -0.127. The molecule has 0 N–H and O–H groups in total. The Labute approximate surface area is 119 Å². The molecule has 2 unspecified atom stereocenters. The highest BCUT2D eigenvalue weighted by Gasteiger charge is 2.29. The van der Waals surface area contributed by atoms with E-state index >= 15 is 0 Å². The number of carbonyl (C=O) groups is 1. The number of ether oxygens (including phenoxy) is 1. The minimum absolute atomic E-state index is 0.0883. The van der Waals surface area contributed by atoms with Crippen LogP contribution in [0.3, 0.4) is 0 Å². The van der Waals surface area contributed by atoms with Crippen molar-refractivity contribution >= 4 is 17.4 Å². The van der Waals surface area contributed by atoms with Gasteiger partial charge in [0.15, 0.2) is 0 Å². The summed E-state index contributed by atoms with van der Waals surface area (Å²) in [5.74, 6) is 0.636. The summed E-state index contributed by atoms with van der Waals surface area (Å²) in [7, 11) is 0. The molecule has 5 heteroatoms. The van der Waals surface area contributed by atoms with Gasteiger partial charge in [0.05, 0.1) is 22.8 Å². The summed E-state index contributed by atoms with van der Waals surface area (Å²) < 4.78 is 7.22. The fourth-order valence-corrected chi connectivity index (χ4v) is 2.89. The predicted octanol–water partition coefficient (Wildman–Crippen LogP) is 2.65. The van der Waals surface area contributed by atoms with Crippen LogP contribution in [-0.4, -0.2) is 28.8 Å². The Balaban J connectivity index is 2.14. The number of halogens is 1. The topological polar surface area (TPSA) is 44.1 Å². The Kier molecular flexibility index (Phi) is 4.63. The van der Waals surface area contributed by atoms with Crippen molar-refractivity contribution in [3.05, 3.63) is 16.4 Å². The SMILES string of the molecule is CCn1nc(C)c(Cl)c1CC(=O)C1CCOCC1C. The highest BCUT2D eigenvalue weighted by Crippen LogP contribution is 2.26. The number of Topliss-reactive ketones (excluding diaryl/α,β-unsaturated/α-hetero) is 1. The Bertz CT molecular complexity index is 470. The van der Waals surface area contributed by atoms with Crippen LogP contribution in [0.4, 0.5) is 0 Å². The molecule has 1 aromatic rings. The van der Waals surface area contributed by atoms with E-state index in [0.29, 0.717) is 30.6 Å². The number of aromatic nitrogens is 2. The Morgan fingerprint density at radius 1 is 1.58 bits per heavy atom. The maximum atomic E-state index is 12.5. The molecule has 2 rings (SSSR count). The number of ketones is 1. The van der Waals surface area contributed by atoms with Crippen LogP contribution in [-0.2, 0) is 22.5 Å². The predicted molar refractivity (Wildman–Crippen MR) is 74.4 cm³/mol. The van der Waals surface area contributed by atoms with Gasteiger partial charge in [0.2, 0.25) is 0 Å². The van der Waals surface area contributed by atoms with Gasteiger partial charge in [-0.25, -0.2) is 0 Å². The second-order valence-corrected chi connectivity index (χ2v) is 5.63. The summed E-state index contributed by atoms with van der Waals surface area (Å²) in [6.45, 7) is 8.05. The first-order valence-corrected chi connectivity index (χ1v) is 7.24. The van der Waals surface area contributed by atoms with Gasteiger partial charge in [-0.3, -0.25) is 9.48 Å². The molecule has 2 atom stereocenters. The quantitative estimate of drug-likeness (QED) is 0.854. The highest BCUT2D eigenvalue weighted by atomic mass is 35.5.